The van der Waals surface area contributed by atoms with Crippen molar-refractivity contribution in [2.45, 2.75) is 46.5 Å². The first-order valence-electron chi connectivity index (χ1n) is 7.62. The maximum Gasteiger partial charge on any atom is 0.407 e. The maximum absolute atomic E-state index is 11.3. The normalized spacial score (nSPS) is 9.45. The van der Waals surface area contributed by atoms with E-state index in [4.69, 9.17) is 0 Å². The number of nitrogens with one attached hydrogen (secondary N) is 3. The number of H-pyrrole nitrogens is 1. The molecule has 1 aromatic heterocycles. The number of aryl methyl sites for hydroxylation is 2. The summed E-state index contributed by atoms with van der Waals surface area (Å²) in [5.74, 6) is 0.746. The van der Waals surface area contributed by atoms with Gasteiger partial charge < -0.3 is 20.4 Å². The number of methoxy groups -OCH3 is 1. The minimum atomic E-state index is -0.608. The van der Waals surface area contributed by atoms with E-state index in [1.807, 2.05) is 6.92 Å². The Morgan fingerprint density at radius 1 is 1.27 bits per heavy atom. The summed E-state index contributed by atoms with van der Waals surface area (Å²) in [7, 11) is 1.25. The summed E-state index contributed by atoms with van der Waals surface area (Å²) in [6.45, 7) is 6.73. The van der Waals surface area contributed by atoms with Crippen LogP contribution in [0.15, 0.2) is 6.20 Å². The average Bonchev–Trinajstić information content (AvgIpc) is 2.90. The van der Waals surface area contributed by atoms with Gasteiger partial charge in [-0.3, -0.25) is 4.79 Å². The fourth-order valence-corrected chi connectivity index (χ4v) is 1.53. The molecule has 1 heterocycles. The predicted octanol–water partition coefficient (Wildman–Crippen LogP) is 1.93. The minimum Gasteiger partial charge on any atom is -0.453 e. The first-order valence-corrected chi connectivity index (χ1v) is 7.62. The second-order valence-corrected chi connectivity index (χ2v) is 4.87. The third kappa shape index (κ3) is 10.7. The van der Waals surface area contributed by atoms with E-state index in [1.165, 1.54) is 13.5 Å². The van der Waals surface area contributed by atoms with Gasteiger partial charge in [0.05, 0.1) is 13.7 Å². The zero-order chi connectivity index (χ0) is 16.8. The smallest absolute Gasteiger partial charge is 0.407 e. The highest BCUT2D eigenvalue weighted by atomic mass is 16.5. The van der Waals surface area contributed by atoms with Gasteiger partial charge in [-0.25, -0.2) is 9.78 Å². The molecule has 22 heavy (non-hydrogen) atoms. The molecule has 0 aromatic carbocycles. The molecule has 1 aromatic rings. The number of carbonyl (C=O) groups is 2. The Morgan fingerprint density at radius 2 is 1.95 bits per heavy atom. The van der Waals surface area contributed by atoms with Crippen molar-refractivity contribution in [2.24, 2.45) is 0 Å². The van der Waals surface area contributed by atoms with Crippen molar-refractivity contribution in [3.63, 3.8) is 0 Å². The predicted molar refractivity (Wildman–Crippen MR) is 85.6 cm³/mol. The Hall–Kier alpha value is -2.05. The van der Waals surface area contributed by atoms with Crippen LogP contribution < -0.4 is 10.6 Å². The SMILES string of the molecule is CCC.COC(=O)NCC(=O)NCCCCc1ncc(C)[nH]1. The van der Waals surface area contributed by atoms with Gasteiger partial charge in [-0.05, 0) is 19.8 Å². The van der Waals surface area contributed by atoms with Crippen LogP contribution in [0.5, 0.6) is 0 Å². The number of amides is 2. The second kappa shape index (κ2) is 12.7. The number of nitrogens with zero attached hydrogens (tertiary/aromatic N) is 1. The number of ether oxygens (including phenoxy) is 1. The molecule has 126 valence electrons. The van der Waals surface area contributed by atoms with Gasteiger partial charge in [0.25, 0.3) is 0 Å². The molecule has 7 nitrogen and oxygen atoms in total. The molecule has 0 aliphatic carbocycles. The standard InChI is InChI=1S/C12H20N4O3.C3H8/c1-9-7-14-10(16-9)5-3-4-6-13-11(17)8-15-12(18)19-2;1-3-2/h7H,3-6,8H2,1-2H3,(H,13,17)(H,14,16)(H,15,18);3H2,1-2H3. The highest BCUT2D eigenvalue weighted by Gasteiger charge is 2.04. The van der Waals surface area contributed by atoms with Crippen LogP contribution in [0.25, 0.3) is 0 Å². The summed E-state index contributed by atoms with van der Waals surface area (Å²) in [6.07, 6.45) is 5.12. The molecule has 0 radical (unpaired) electrons. The fraction of sp³-hybridized carbons (Fsp3) is 0.667. The molecule has 0 aliphatic rings. The molecular formula is C15H28N4O3. The van der Waals surface area contributed by atoms with Crippen molar-refractivity contribution >= 4 is 12.0 Å². The molecule has 0 bridgehead atoms. The van der Waals surface area contributed by atoms with Crippen molar-refractivity contribution in [3.05, 3.63) is 17.7 Å². The highest BCUT2D eigenvalue weighted by molar-refractivity contribution is 5.81. The van der Waals surface area contributed by atoms with Gasteiger partial charge in [0.15, 0.2) is 0 Å². The summed E-state index contributed by atoms with van der Waals surface area (Å²) >= 11 is 0. The van der Waals surface area contributed by atoms with Crippen LogP contribution >= 0.6 is 0 Å². The zero-order valence-electron chi connectivity index (χ0n) is 14.0. The molecule has 0 aliphatic heterocycles. The number of hydrogen-bond donors (Lipinski definition) is 3. The number of hydrogen-bond acceptors (Lipinski definition) is 4. The monoisotopic (exact) mass is 312 g/mol. The van der Waals surface area contributed by atoms with Crippen molar-refractivity contribution in [1.29, 1.82) is 0 Å². The van der Waals surface area contributed by atoms with Crippen molar-refractivity contribution in [3.8, 4) is 0 Å². The Labute approximate surface area is 132 Å². The van der Waals surface area contributed by atoms with Crippen LogP contribution in [0.1, 0.15) is 44.6 Å². The van der Waals surface area contributed by atoms with E-state index < -0.39 is 6.09 Å². The number of imidazole rings is 1. The molecule has 0 saturated heterocycles. The van der Waals surface area contributed by atoms with Gasteiger partial charge >= 0.3 is 6.09 Å². The molecule has 0 fully saturated rings. The van der Waals surface area contributed by atoms with Gasteiger partial charge in [0.2, 0.25) is 5.91 Å². The molecule has 0 unspecified atom stereocenters. The van der Waals surface area contributed by atoms with Crippen LogP contribution in [0.2, 0.25) is 0 Å². The number of carbonyl (C=O) groups excluding carboxylic acids is 2. The Kier molecular flexibility index (Phi) is 11.5. The number of alkyl carbamates (subject to hydrolysis) is 1. The van der Waals surface area contributed by atoms with E-state index in [1.54, 1.807) is 6.20 Å². The third-order valence-corrected chi connectivity index (χ3v) is 2.50. The zero-order valence-corrected chi connectivity index (χ0v) is 14.0. The average molecular weight is 312 g/mol. The van der Waals surface area contributed by atoms with E-state index in [9.17, 15) is 9.59 Å². The van der Waals surface area contributed by atoms with E-state index >= 15 is 0 Å². The number of rotatable bonds is 7. The lowest BCUT2D eigenvalue weighted by Gasteiger charge is -2.05. The summed E-state index contributed by atoms with van der Waals surface area (Å²) in [5, 5.41) is 5.03. The quantitative estimate of drug-likeness (QED) is 0.670. The summed E-state index contributed by atoms with van der Waals surface area (Å²) in [5.41, 5.74) is 1.05. The molecule has 0 saturated carbocycles. The number of aromatic amines is 1. The maximum atomic E-state index is 11.3. The van der Waals surface area contributed by atoms with E-state index in [2.05, 4.69) is 39.2 Å². The molecule has 0 spiro atoms. The lowest BCUT2D eigenvalue weighted by molar-refractivity contribution is -0.120. The highest BCUT2D eigenvalue weighted by Crippen LogP contribution is 2.00. The van der Waals surface area contributed by atoms with Crippen molar-refractivity contribution < 1.29 is 14.3 Å². The molecule has 0 atom stereocenters. The van der Waals surface area contributed by atoms with E-state index in [0.29, 0.717) is 6.54 Å². The van der Waals surface area contributed by atoms with E-state index in [-0.39, 0.29) is 12.5 Å². The van der Waals surface area contributed by atoms with Crippen LogP contribution in [0, 0.1) is 6.92 Å². The topological polar surface area (TPSA) is 96.1 Å². The number of aromatic nitrogens is 2. The molecular weight excluding hydrogens is 284 g/mol. The lowest BCUT2D eigenvalue weighted by atomic mass is 10.2. The molecule has 3 N–H and O–H groups in total. The van der Waals surface area contributed by atoms with Crippen molar-refractivity contribution in [1.82, 2.24) is 20.6 Å². The van der Waals surface area contributed by atoms with E-state index in [0.717, 1.165) is 30.8 Å². The van der Waals surface area contributed by atoms with Crippen molar-refractivity contribution in [2.75, 3.05) is 20.2 Å². The Bertz CT molecular complexity index is 432. The summed E-state index contributed by atoms with van der Waals surface area (Å²) in [4.78, 5) is 29.4. The van der Waals surface area contributed by atoms with Gasteiger partial charge in [-0.15, -0.1) is 0 Å². The number of unbranched alkanes of at least 4 members (excludes halogenated alkanes) is 1. The minimum absolute atomic E-state index is 0.0654. The summed E-state index contributed by atoms with van der Waals surface area (Å²) in [6, 6.07) is 0. The van der Waals surface area contributed by atoms with Crippen LogP contribution in [-0.2, 0) is 16.0 Å². The summed E-state index contributed by atoms with van der Waals surface area (Å²) < 4.78 is 4.35. The molecule has 2 amide bonds. The largest absolute Gasteiger partial charge is 0.453 e. The van der Waals surface area contributed by atoms with Gasteiger partial charge in [-0.1, -0.05) is 20.3 Å². The van der Waals surface area contributed by atoms with Gasteiger partial charge in [-0.2, -0.15) is 0 Å². The first kappa shape index (κ1) is 19.9. The second-order valence-electron chi connectivity index (χ2n) is 4.87. The Morgan fingerprint density at radius 3 is 2.50 bits per heavy atom. The van der Waals surface area contributed by atoms with Crippen LogP contribution in [0.4, 0.5) is 4.79 Å². The molecule has 1 rings (SSSR count). The molecule has 7 heteroatoms. The fourth-order valence-electron chi connectivity index (χ4n) is 1.53. The van der Waals surface area contributed by atoms with Crippen LogP contribution in [-0.4, -0.2) is 42.2 Å². The van der Waals surface area contributed by atoms with Crippen LogP contribution in [0.3, 0.4) is 0 Å². The third-order valence-electron chi connectivity index (χ3n) is 2.50. The van der Waals surface area contributed by atoms with Gasteiger partial charge in [0.1, 0.15) is 5.82 Å². The lowest BCUT2D eigenvalue weighted by Crippen LogP contribution is -2.37. The Balaban J connectivity index is 0.00000135. The van der Waals surface area contributed by atoms with Gasteiger partial charge in [0, 0.05) is 24.9 Å². The first-order chi connectivity index (χ1) is 10.5.